The minimum absolute atomic E-state index is 0.0180. The van der Waals surface area contributed by atoms with E-state index >= 15 is 0 Å². The van der Waals surface area contributed by atoms with Crippen LogP contribution in [0, 0.1) is 12.7 Å². The van der Waals surface area contributed by atoms with Crippen molar-refractivity contribution in [3.05, 3.63) is 71.0 Å². The lowest BCUT2D eigenvalue weighted by atomic mass is 9.94. The Morgan fingerprint density at radius 1 is 1.13 bits per heavy atom. The molecule has 1 heterocycles. The molecule has 31 heavy (non-hydrogen) atoms. The standard InChI is InChI=1S/C26H32FN3O/c1-3-29(23-10-5-4-6-11-23)18-26(31)30-25(20-14-12-19(2)13-15-20)17-24(28-30)21-8-7-9-22(27)16-21/h7-9,12-16,23,25H,3-6,10-11,17-18H2,1-2H3. The zero-order valence-electron chi connectivity index (χ0n) is 18.6. The van der Waals surface area contributed by atoms with Gasteiger partial charge in [-0.15, -0.1) is 0 Å². The van der Waals surface area contributed by atoms with Gasteiger partial charge in [-0.05, 0) is 44.0 Å². The quantitative estimate of drug-likeness (QED) is 0.620. The monoisotopic (exact) mass is 421 g/mol. The summed E-state index contributed by atoms with van der Waals surface area (Å²) < 4.78 is 13.8. The second-order valence-corrected chi connectivity index (χ2v) is 8.78. The fourth-order valence-electron chi connectivity index (χ4n) is 4.82. The molecule has 164 valence electrons. The number of benzene rings is 2. The van der Waals surface area contributed by atoms with Crippen LogP contribution in [-0.4, -0.2) is 40.7 Å². The Morgan fingerprint density at radius 3 is 2.55 bits per heavy atom. The van der Waals surface area contributed by atoms with Crippen LogP contribution in [0.15, 0.2) is 53.6 Å². The smallest absolute Gasteiger partial charge is 0.257 e. The van der Waals surface area contributed by atoms with Gasteiger partial charge in [0.05, 0.1) is 18.3 Å². The summed E-state index contributed by atoms with van der Waals surface area (Å²) in [5.41, 5.74) is 3.75. The predicted octanol–water partition coefficient (Wildman–Crippen LogP) is 5.47. The summed E-state index contributed by atoms with van der Waals surface area (Å²) in [6.07, 6.45) is 6.71. The topological polar surface area (TPSA) is 35.9 Å². The Labute approximate surface area is 184 Å². The maximum Gasteiger partial charge on any atom is 0.257 e. The van der Waals surface area contributed by atoms with E-state index in [9.17, 15) is 9.18 Å². The Kier molecular flexibility index (Phi) is 6.81. The minimum atomic E-state index is -0.286. The molecule has 0 aromatic heterocycles. The second-order valence-electron chi connectivity index (χ2n) is 8.78. The first-order valence-corrected chi connectivity index (χ1v) is 11.5. The van der Waals surface area contributed by atoms with Crippen LogP contribution in [0.3, 0.4) is 0 Å². The Hall–Kier alpha value is -2.53. The third-order valence-electron chi connectivity index (χ3n) is 6.62. The molecule has 1 saturated carbocycles. The molecule has 2 aromatic carbocycles. The van der Waals surface area contributed by atoms with Gasteiger partial charge in [-0.1, -0.05) is 68.1 Å². The van der Waals surface area contributed by atoms with E-state index < -0.39 is 0 Å². The molecule has 0 radical (unpaired) electrons. The summed E-state index contributed by atoms with van der Waals surface area (Å²) >= 11 is 0. The normalized spacial score (nSPS) is 19.7. The van der Waals surface area contributed by atoms with Gasteiger partial charge in [-0.25, -0.2) is 9.40 Å². The van der Waals surface area contributed by atoms with Crippen molar-refractivity contribution in [1.82, 2.24) is 9.91 Å². The molecule has 1 fully saturated rings. The molecular weight excluding hydrogens is 389 g/mol. The van der Waals surface area contributed by atoms with Crippen LogP contribution < -0.4 is 0 Å². The van der Waals surface area contributed by atoms with Crippen molar-refractivity contribution < 1.29 is 9.18 Å². The Bertz CT molecular complexity index is 934. The largest absolute Gasteiger partial charge is 0.292 e. The van der Waals surface area contributed by atoms with Gasteiger partial charge in [0.15, 0.2) is 0 Å². The zero-order chi connectivity index (χ0) is 21.8. The molecular formula is C26H32FN3O. The van der Waals surface area contributed by atoms with Gasteiger partial charge in [0.1, 0.15) is 5.82 Å². The maximum atomic E-state index is 13.8. The zero-order valence-corrected chi connectivity index (χ0v) is 18.6. The van der Waals surface area contributed by atoms with Gasteiger partial charge >= 0.3 is 0 Å². The molecule has 1 aliphatic heterocycles. The molecule has 4 rings (SSSR count). The van der Waals surface area contributed by atoms with Crippen molar-refractivity contribution in [2.75, 3.05) is 13.1 Å². The lowest BCUT2D eigenvalue weighted by Crippen LogP contribution is -2.44. The number of nitrogens with zero attached hydrogens (tertiary/aromatic N) is 3. The number of aryl methyl sites for hydroxylation is 1. The van der Waals surface area contributed by atoms with E-state index in [2.05, 4.69) is 43.0 Å². The molecule has 0 N–H and O–H groups in total. The van der Waals surface area contributed by atoms with Crippen LogP contribution in [0.1, 0.15) is 68.2 Å². The summed E-state index contributed by atoms with van der Waals surface area (Å²) in [5.74, 6) is -0.268. The van der Waals surface area contributed by atoms with Gasteiger partial charge in [0, 0.05) is 18.0 Å². The molecule has 0 bridgehead atoms. The number of amides is 1. The van der Waals surface area contributed by atoms with Crippen LogP contribution in [0.25, 0.3) is 0 Å². The molecule has 1 unspecified atom stereocenters. The minimum Gasteiger partial charge on any atom is -0.292 e. The highest BCUT2D eigenvalue weighted by Crippen LogP contribution is 2.33. The number of hydrogen-bond donors (Lipinski definition) is 0. The van der Waals surface area contributed by atoms with Crippen molar-refractivity contribution >= 4 is 11.6 Å². The summed E-state index contributed by atoms with van der Waals surface area (Å²) in [5, 5.41) is 6.37. The number of carbonyl (C=O) groups excluding carboxylic acids is 1. The van der Waals surface area contributed by atoms with Crippen LogP contribution in [0.2, 0.25) is 0 Å². The Morgan fingerprint density at radius 2 is 1.87 bits per heavy atom. The molecule has 1 atom stereocenters. The van der Waals surface area contributed by atoms with Gasteiger partial charge in [-0.2, -0.15) is 5.10 Å². The summed E-state index contributed by atoms with van der Waals surface area (Å²) in [6, 6.07) is 15.1. The average molecular weight is 422 g/mol. The van der Waals surface area contributed by atoms with E-state index in [1.807, 2.05) is 6.07 Å². The number of halogens is 1. The molecule has 1 aliphatic carbocycles. The summed E-state index contributed by atoms with van der Waals surface area (Å²) in [7, 11) is 0. The number of likely N-dealkylation sites (N-methyl/N-ethyl adjacent to an activating group) is 1. The van der Waals surface area contributed by atoms with Crippen molar-refractivity contribution in [2.24, 2.45) is 5.10 Å². The highest BCUT2D eigenvalue weighted by Gasteiger charge is 2.34. The summed E-state index contributed by atoms with van der Waals surface area (Å²) in [4.78, 5) is 15.8. The first-order valence-electron chi connectivity index (χ1n) is 11.5. The van der Waals surface area contributed by atoms with Crippen molar-refractivity contribution in [2.45, 2.75) is 64.5 Å². The lowest BCUT2D eigenvalue weighted by molar-refractivity contribution is -0.135. The molecule has 2 aliphatic rings. The SMILES string of the molecule is CCN(CC(=O)N1N=C(c2cccc(F)c2)CC1c1ccc(C)cc1)C1CCCCC1. The van der Waals surface area contributed by atoms with E-state index in [1.54, 1.807) is 11.1 Å². The fourth-order valence-corrected chi connectivity index (χ4v) is 4.82. The third kappa shape index (κ3) is 5.04. The van der Waals surface area contributed by atoms with Crippen LogP contribution in [0.4, 0.5) is 4.39 Å². The molecule has 0 spiro atoms. The van der Waals surface area contributed by atoms with Crippen molar-refractivity contribution in [3.63, 3.8) is 0 Å². The van der Waals surface area contributed by atoms with E-state index in [-0.39, 0.29) is 17.8 Å². The Balaban J connectivity index is 1.59. The fraction of sp³-hybridized carbons (Fsp3) is 0.462. The van der Waals surface area contributed by atoms with Gasteiger partial charge in [-0.3, -0.25) is 9.69 Å². The van der Waals surface area contributed by atoms with Gasteiger partial charge in [0.2, 0.25) is 0 Å². The third-order valence-corrected chi connectivity index (χ3v) is 6.62. The average Bonchev–Trinajstić information content (AvgIpc) is 3.24. The van der Waals surface area contributed by atoms with Crippen LogP contribution >= 0.6 is 0 Å². The number of carbonyl (C=O) groups is 1. The van der Waals surface area contributed by atoms with E-state index in [0.29, 0.717) is 19.0 Å². The predicted molar refractivity (Wildman–Crippen MR) is 122 cm³/mol. The maximum absolute atomic E-state index is 13.8. The van der Waals surface area contributed by atoms with E-state index in [0.717, 1.165) is 23.4 Å². The molecule has 2 aromatic rings. The van der Waals surface area contributed by atoms with Crippen LogP contribution in [-0.2, 0) is 4.79 Å². The van der Waals surface area contributed by atoms with Crippen LogP contribution in [0.5, 0.6) is 0 Å². The second kappa shape index (κ2) is 9.73. The summed E-state index contributed by atoms with van der Waals surface area (Å²) in [6.45, 7) is 5.42. The molecule has 4 nitrogen and oxygen atoms in total. The van der Waals surface area contributed by atoms with Crippen molar-refractivity contribution in [3.8, 4) is 0 Å². The molecule has 5 heteroatoms. The highest BCUT2D eigenvalue weighted by molar-refractivity contribution is 6.03. The first kappa shape index (κ1) is 21.7. The van der Waals surface area contributed by atoms with Crippen molar-refractivity contribution in [1.29, 1.82) is 0 Å². The molecule has 1 amide bonds. The highest BCUT2D eigenvalue weighted by atomic mass is 19.1. The first-order chi connectivity index (χ1) is 15.0. The number of rotatable bonds is 6. The number of hydrazone groups is 1. The van der Waals surface area contributed by atoms with E-state index in [1.165, 1.54) is 49.8 Å². The van der Waals surface area contributed by atoms with E-state index in [4.69, 9.17) is 5.10 Å². The van der Waals surface area contributed by atoms with Gasteiger partial charge < -0.3 is 0 Å². The van der Waals surface area contributed by atoms with Gasteiger partial charge in [0.25, 0.3) is 5.91 Å². The lowest BCUT2D eigenvalue weighted by Gasteiger charge is -2.34. The molecule has 0 saturated heterocycles. The number of hydrogen-bond acceptors (Lipinski definition) is 3.